The summed E-state index contributed by atoms with van der Waals surface area (Å²) in [4.78, 5) is 26.2. The van der Waals surface area contributed by atoms with Crippen LogP contribution in [0.5, 0.6) is 0 Å². The van der Waals surface area contributed by atoms with Crippen LogP contribution in [0.15, 0.2) is 103 Å². The molecule has 0 bridgehead atoms. The molecule has 48 heavy (non-hydrogen) atoms. The molecule has 0 unspecified atom stereocenters. The van der Waals surface area contributed by atoms with Crippen molar-refractivity contribution < 1.29 is 23.6 Å². The second-order valence-electron chi connectivity index (χ2n) is 13.5. The first-order valence-corrected chi connectivity index (χ1v) is 16.9. The summed E-state index contributed by atoms with van der Waals surface area (Å²) in [5, 5.41) is 2.58. The molecule has 0 spiro atoms. The molecule has 0 aromatic heterocycles. The van der Waals surface area contributed by atoms with Gasteiger partial charge in [-0.2, -0.15) is 4.58 Å². The summed E-state index contributed by atoms with van der Waals surface area (Å²) in [6, 6.07) is 26.3. The Morgan fingerprint density at radius 1 is 0.896 bits per heavy atom. The van der Waals surface area contributed by atoms with E-state index in [4.69, 9.17) is 9.47 Å². The molecule has 6 heteroatoms. The lowest BCUT2D eigenvalue weighted by Gasteiger charge is -2.25. The van der Waals surface area contributed by atoms with E-state index in [1.54, 1.807) is 12.1 Å². The highest BCUT2D eigenvalue weighted by Crippen LogP contribution is 2.48. The van der Waals surface area contributed by atoms with Gasteiger partial charge in [-0.3, -0.25) is 4.79 Å². The maximum Gasteiger partial charge on any atom is 0.338 e. The van der Waals surface area contributed by atoms with Crippen LogP contribution in [0.4, 0.5) is 11.4 Å². The highest BCUT2D eigenvalue weighted by atomic mass is 16.6. The Morgan fingerprint density at radius 2 is 1.67 bits per heavy atom. The van der Waals surface area contributed by atoms with Gasteiger partial charge in [0, 0.05) is 46.6 Å². The maximum absolute atomic E-state index is 13.0. The number of anilines is 1. The molecule has 246 valence electrons. The standard InChI is InChI=1S/C42H45N2O4/c1-7-43-35-22-21-32(40(46)48-25-24-47-28-30-18-16-29(27-45)17-19-30)26-34(35)41(3,4)37(43)14-11-15-38-42(5,6)39-33-13-10-9-12-31(33)20-23-36(39)44(38)8-2/h9-23,26-27H,7-8,24-25,28H2,1-6H3/q+1. The number of carbonyl (C=O) groups is 2. The summed E-state index contributed by atoms with van der Waals surface area (Å²) in [7, 11) is 0. The third-order valence-electron chi connectivity index (χ3n) is 9.87. The normalized spacial score (nSPS) is 17.0. The molecule has 0 saturated heterocycles. The molecule has 0 fully saturated rings. The minimum Gasteiger partial charge on any atom is -0.460 e. The second-order valence-corrected chi connectivity index (χ2v) is 13.5. The molecule has 4 aromatic carbocycles. The topological polar surface area (TPSA) is 58.9 Å². The van der Waals surface area contributed by atoms with Gasteiger partial charge in [0.05, 0.1) is 24.2 Å². The fourth-order valence-corrected chi connectivity index (χ4v) is 7.41. The Labute approximate surface area is 284 Å². The Kier molecular flexibility index (Phi) is 9.22. The van der Waals surface area contributed by atoms with Gasteiger partial charge < -0.3 is 14.4 Å². The van der Waals surface area contributed by atoms with Gasteiger partial charge in [0.15, 0.2) is 5.71 Å². The van der Waals surface area contributed by atoms with Crippen LogP contribution in [0.3, 0.4) is 0 Å². The molecule has 0 atom stereocenters. The lowest BCUT2D eigenvalue weighted by atomic mass is 9.79. The van der Waals surface area contributed by atoms with Crippen molar-refractivity contribution in [3.8, 4) is 0 Å². The molecule has 0 radical (unpaired) electrons. The van der Waals surface area contributed by atoms with Gasteiger partial charge in [-0.15, -0.1) is 0 Å². The van der Waals surface area contributed by atoms with Gasteiger partial charge in [-0.05, 0) is 79.9 Å². The third-order valence-corrected chi connectivity index (χ3v) is 9.87. The molecule has 2 aliphatic heterocycles. The number of ether oxygens (including phenoxy) is 2. The summed E-state index contributed by atoms with van der Waals surface area (Å²) < 4.78 is 13.7. The minimum atomic E-state index is -0.362. The predicted molar refractivity (Wildman–Crippen MR) is 194 cm³/mol. The van der Waals surface area contributed by atoms with Crippen LogP contribution < -0.4 is 4.90 Å². The number of likely N-dealkylation sites (N-methyl/N-ethyl adjacent to an activating group) is 1. The average molecular weight is 642 g/mol. The van der Waals surface area contributed by atoms with E-state index < -0.39 is 0 Å². The lowest BCUT2D eigenvalue weighted by Crippen LogP contribution is -2.28. The number of hydrogen-bond acceptors (Lipinski definition) is 5. The van der Waals surface area contributed by atoms with Gasteiger partial charge in [-0.1, -0.05) is 68.5 Å². The first-order valence-electron chi connectivity index (χ1n) is 16.9. The number of rotatable bonds is 11. The van der Waals surface area contributed by atoms with Crippen LogP contribution in [0, 0.1) is 0 Å². The van der Waals surface area contributed by atoms with Gasteiger partial charge >= 0.3 is 5.97 Å². The van der Waals surface area contributed by atoms with Crippen LogP contribution in [-0.2, 0) is 26.9 Å². The largest absolute Gasteiger partial charge is 0.460 e. The quantitative estimate of drug-likeness (QED) is 0.0710. The maximum atomic E-state index is 13.0. The fraction of sp³-hybridized carbons (Fsp3) is 0.310. The summed E-state index contributed by atoms with van der Waals surface area (Å²) in [5.74, 6) is -0.362. The minimum absolute atomic E-state index is 0.150. The van der Waals surface area contributed by atoms with Crippen LogP contribution >= 0.6 is 0 Å². The monoisotopic (exact) mass is 641 g/mol. The van der Waals surface area contributed by atoms with E-state index >= 15 is 0 Å². The molecule has 6 rings (SSSR count). The summed E-state index contributed by atoms with van der Waals surface area (Å²) >= 11 is 0. The zero-order valence-corrected chi connectivity index (χ0v) is 28.9. The van der Waals surface area contributed by atoms with Crippen molar-refractivity contribution in [1.29, 1.82) is 0 Å². The molecule has 0 N–H and O–H groups in total. The van der Waals surface area contributed by atoms with Crippen LogP contribution in [0.2, 0.25) is 0 Å². The van der Waals surface area contributed by atoms with Crippen molar-refractivity contribution in [1.82, 2.24) is 0 Å². The number of allylic oxidation sites excluding steroid dienone is 4. The highest BCUT2D eigenvalue weighted by Gasteiger charge is 2.45. The van der Waals surface area contributed by atoms with E-state index in [-0.39, 0.29) is 30.0 Å². The average Bonchev–Trinajstić information content (AvgIpc) is 3.46. The second kappa shape index (κ2) is 13.4. The van der Waals surface area contributed by atoms with Crippen LogP contribution in [0.1, 0.15) is 78.9 Å². The predicted octanol–water partition coefficient (Wildman–Crippen LogP) is 8.68. The van der Waals surface area contributed by atoms with E-state index in [0.717, 1.165) is 36.2 Å². The van der Waals surface area contributed by atoms with Crippen molar-refractivity contribution in [3.05, 3.63) is 131 Å². The van der Waals surface area contributed by atoms with Crippen LogP contribution in [0.25, 0.3) is 10.8 Å². The fourth-order valence-electron chi connectivity index (χ4n) is 7.41. The van der Waals surface area contributed by atoms with E-state index in [1.165, 1.54) is 33.4 Å². The smallest absolute Gasteiger partial charge is 0.338 e. The van der Waals surface area contributed by atoms with Gasteiger partial charge in [-0.25, -0.2) is 4.79 Å². The SMILES string of the molecule is CCN1/C(=C\C=C\C2=[N+](CC)c3ccc4ccccc4c3C2(C)C)C(C)(C)c2cc(C(=O)OCCOCc3ccc(C=O)cc3)ccc21. The molecule has 0 saturated carbocycles. The summed E-state index contributed by atoms with van der Waals surface area (Å²) in [6.07, 6.45) is 7.54. The molecule has 0 aliphatic carbocycles. The number of fused-ring (bicyclic) bond motifs is 4. The van der Waals surface area contributed by atoms with Crippen molar-refractivity contribution in [2.24, 2.45) is 0 Å². The lowest BCUT2D eigenvalue weighted by molar-refractivity contribution is -0.433. The Bertz CT molecular complexity index is 1960. The van der Waals surface area contributed by atoms with Gasteiger partial charge in [0.25, 0.3) is 0 Å². The molecular formula is C42H45N2O4+. The first-order chi connectivity index (χ1) is 23.1. The van der Waals surface area contributed by atoms with Crippen molar-refractivity contribution >= 4 is 40.1 Å². The molecule has 6 nitrogen and oxygen atoms in total. The Morgan fingerprint density at radius 3 is 2.40 bits per heavy atom. The highest BCUT2D eigenvalue weighted by molar-refractivity contribution is 6.07. The van der Waals surface area contributed by atoms with Crippen molar-refractivity contribution in [2.75, 3.05) is 31.2 Å². The van der Waals surface area contributed by atoms with Crippen molar-refractivity contribution in [2.45, 2.75) is 59.0 Å². The molecule has 2 heterocycles. The Hall–Kier alpha value is -4.81. The summed E-state index contributed by atoms with van der Waals surface area (Å²) in [5.41, 5.74) is 9.03. The Balaban J connectivity index is 1.17. The number of hydrogen-bond donors (Lipinski definition) is 0. The molecule has 4 aromatic rings. The molecule has 2 aliphatic rings. The van der Waals surface area contributed by atoms with E-state index in [0.29, 0.717) is 17.7 Å². The van der Waals surface area contributed by atoms with E-state index in [2.05, 4.69) is 106 Å². The molecule has 0 amide bonds. The zero-order chi connectivity index (χ0) is 34.1. The van der Waals surface area contributed by atoms with Crippen LogP contribution in [-0.4, -0.2) is 48.8 Å². The number of carbonyl (C=O) groups excluding carboxylic acids is 2. The number of benzene rings is 4. The zero-order valence-electron chi connectivity index (χ0n) is 28.9. The van der Waals surface area contributed by atoms with Gasteiger partial charge in [0.1, 0.15) is 19.4 Å². The van der Waals surface area contributed by atoms with E-state index in [9.17, 15) is 9.59 Å². The first kappa shape index (κ1) is 33.1. The number of nitrogens with zero attached hydrogens (tertiary/aromatic N) is 2. The summed E-state index contributed by atoms with van der Waals surface area (Å²) in [6.45, 7) is 16.0. The number of aldehydes is 1. The number of esters is 1. The third kappa shape index (κ3) is 5.90. The van der Waals surface area contributed by atoms with Gasteiger partial charge in [0.2, 0.25) is 5.69 Å². The van der Waals surface area contributed by atoms with Crippen molar-refractivity contribution in [3.63, 3.8) is 0 Å². The molecular weight excluding hydrogens is 596 g/mol. The van der Waals surface area contributed by atoms with E-state index in [1.807, 2.05) is 30.3 Å².